The van der Waals surface area contributed by atoms with Crippen molar-refractivity contribution in [2.75, 3.05) is 0 Å². The van der Waals surface area contributed by atoms with Gasteiger partial charge < -0.3 is 4.74 Å². The van der Waals surface area contributed by atoms with Crippen LogP contribution in [0.3, 0.4) is 0 Å². The van der Waals surface area contributed by atoms with E-state index >= 15 is 0 Å². The predicted molar refractivity (Wildman–Crippen MR) is 98.2 cm³/mol. The lowest BCUT2D eigenvalue weighted by atomic mass is 9.68. The maximum atomic E-state index is 10.4. The Morgan fingerprint density at radius 3 is 2.04 bits per heavy atom. The SMILES string of the molecule is CCCC1CCC(C2CCC(c3ccc(OC=O)cc3)CC2)CC1. The Kier molecular flexibility index (Phi) is 6.34. The second-order valence-corrected chi connectivity index (χ2v) is 7.96. The first kappa shape index (κ1) is 17.5. The smallest absolute Gasteiger partial charge is 0.298 e. The normalized spacial score (nSPS) is 30.7. The summed E-state index contributed by atoms with van der Waals surface area (Å²) in [4.78, 5) is 10.4. The maximum Gasteiger partial charge on any atom is 0.298 e. The number of ether oxygens (including phenoxy) is 1. The summed E-state index contributed by atoms with van der Waals surface area (Å²) in [5.74, 6) is 4.34. The highest BCUT2D eigenvalue weighted by Crippen LogP contribution is 2.44. The van der Waals surface area contributed by atoms with Gasteiger partial charge in [-0.3, -0.25) is 4.79 Å². The molecule has 0 spiro atoms. The zero-order chi connectivity index (χ0) is 16.8. The minimum atomic E-state index is 0.495. The minimum absolute atomic E-state index is 0.495. The van der Waals surface area contributed by atoms with Gasteiger partial charge in [0.2, 0.25) is 0 Å². The monoisotopic (exact) mass is 328 g/mol. The lowest BCUT2D eigenvalue weighted by molar-refractivity contribution is -0.120. The Bertz CT molecular complexity index is 491. The molecule has 0 N–H and O–H groups in total. The van der Waals surface area contributed by atoms with Gasteiger partial charge in [-0.1, -0.05) is 44.7 Å². The fourth-order valence-electron chi connectivity index (χ4n) is 5.15. The van der Waals surface area contributed by atoms with Crippen molar-refractivity contribution in [2.24, 2.45) is 17.8 Å². The van der Waals surface area contributed by atoms with E-state index in [9.17, 15) is 4.79 Å². The fraction of sp³-hybridized carbons (Fsp3) is 0.682. The summed E-state index contributed by atoms with van der Waals surface area (Å²) < 4.78 is 4.89. The molecule has 2 heteroatoms. The first-order valence-electron chi connectivity index (χ1n) is 10.0. The molecular weight excluding hydrogens is 296 g/mol. The molecule has 0 aromatic heterocycles. The highest BCUT2D eigenvalue weighted by atomic mass is 16.5. The lowest BCUT2D eigenvalue weighted by Gasteiger charge is -2.38. The number of rotatable bonds is 6. The van der Waals surface area contributed by atoms with E-state index in [0.717, 1.165) is 17.8 Å². The van der Waals surface area contributed by atoms with E-state index < -0.39 is 0 Å². The fourth-order valence-corrected chi connectivity index (χ4v) is 5.15. The van der Waals surface area contributed by atoms with Gasteiger partial charge >= 0.3 is 0 Å². The third-order valence-electron chi connectivity index (χ3n) is 6.56. The van der Waals surface area contributed by atoms with Gasteiger partial charge in [-0.2, -0.15) is 0 Å². The molecule has 1 aromatic rings. The molecule has 2 saturated carbocycles. The Hall–Kier alpha value is -1.31. The van der Waals surface area contributed by atoms with Gasteiger partial charge in [-0.05, 0) is 79.9 Å². The molecule has 2 fully saturated rings. The van der Waals surface area contributed by atoms with Crippen LogP contribution < -0.4 is 4.74 Å². The molecular formula is C22H32O2. The molecule has 0 bridgehead atoms. The molecule has 2 aliphatic rings. The van der Waals surface area contributed by atoms with E-state index in [4.69, 9.17) is 4.74 Å². The lowest BCUT2D eigenvalue weighted by Crippen LogP contribution is -2.25. The topological polar surface area (TPSA) is 26.3 Å². The molecule has 24 heavy (non-hydrogen) atoms. The first-order chi connectivity index (χ1) is 11.8. The summed E-state index contributed by atoms with van der Waals surface area (Å²) in [6.45, 7) is 2.82. The Morgan fingerprint density at radius 1 is 0.917 bits per heavy atom. The molecule has 132 valence electrons. The van der Waals surface area contributed by atoms with E-state index in [1.54, 1.807) is 0 Å². The van der Waals surface area contributed by atoms with Gasteiger partial charge in [0.05, 0.1) is 0 Å². The van der Waals surface area contributed by atoms with Crippen LogP contribution in [0.5, 0.6) is 5.75 Å². The highest BCUT2D eigenvalue weighted by Gasteiger charge is 2.31. The zero-order valence-electron chi connectivity index (χ0n) is 15.1. The van der Waals surface area contributed by atoms with E-state index in [1.807, 2.05) is 12.1 Å². The molecule has 3 rings (SSSR count). The van der Waals surface area contributed by atoms with Gasteiger partial charge in [0.1, 0.15) is 5.75 Å². The van der Waals surface area contributed by atoms with Crippen LogP contribution in [0.25, 0.3) is 0 Å². The van der Waals surface area contributed by atoms with Crippen LogP contribution in [0.4, 0.5) is 0 Å². The maximum absolute atomic E-state index is 10.4. The van der Waals surface area contributed by atoms with Crippen LogP contribution >= 0.6 is 0 Å². The molecule has 0 heterocycles. The van der Waals surface area contributed by atoms with E-state index in [1.165, 1.54) is 69.8 Å². The molecule has 1 aromatic carbocycles. The van der Waals surface area contributed by atoms with Crippen molar-refractivity contribution in [2.45, 2.75) is 77.0 Å². The van der Waals surface area contributed by atoms with Crippen molar-refractivity contribution in [3.63, 3.8) is 0 Å². The summed E-state index contributed by atoms with van der Waals surface area (Å²) in [5, 5.41) is 0. The van der Waals surface area contributed by atoms with Crippen LogP contribution in [0.2, 0.25) is 0 Å². The van der Waals surface area contributed by atoms with Crippen molar-refractivity contribution in [1.82, 2.24) is 0 Å². The number of carbonyl (C=O) groups is 1. The zero-order valence-corrected chi connectivity index (χ0v) is 15.1. The van der Waals surface area contributed by atoms with Crippen LogP contribution in [0, 0.1) is 17.8 Å². The minimum Gasteiger partial charge on any atom is -0.429 e. The Morgan fingerprint density at radius 2 is 1.50 bits per heavy atom. The molecule has 2 aliphatic carbocycles. The Balaban J connectivity index is 1.46. The van der Waals surface area contributed by atoms with E-state index in [-0.39, 0.29) is 0 Å². The molecule has 0 radical (unpaired) electrons. The quantitative estimate of drug-likeness (QED) is 0.590. The van der Waals surface area contributed by atoms with Crippen molar-refractivity contribution in [3.8, 4) is 5.75 Å². The average Bonchev–Trinajstić information content (AvgIpc) is 2.64. The van der Waals surface area contributed by atoms with Gasteiger partial charge in [-0.25, -0.2) is 0 Å². The molecule has 0 aliphatic heterocycles. The van der Waals surface area contributed by atoms with Gasteiger partial charge in [-0.15, -0.1) is 0 Å². The van der Waals surface area contributed by atoms with Crippen LogP contribution in [-0.2, 0) is 4.79 Å². The van der Waals surface area contributed by atoms with Crippen molar-refractivity contribution in [3.05, 3.63) is 29.8 Å². The van der Waals surface area contributed by atoms with Gasteiger partial charge in [0.15, 0.2) is 0 Å². The number of hydrogen-bond acceptors (Lipinski definition) is 2. The molecule has 2 nitrogen and oxygen atoms in total. The number of hydrogen-bond donors (Lipinski definition) is 0. The van der Waals surface area contributed by atoms with Crippen LogP contribution in [0.15, 0.2) is 24.3 Å². The van der Waals surface area contributed by atoms with E-state index in [2.05, 4.69) is 19.1 Å². The van der Waals surface area contributed by atoms with E-state index in [0.29, 0.717) is 18.1 Å². The van der Waals surface area contributed by atoms with Crippen LogP contribution in [-0.4, -0.2) is 6.47 Å². The Labute approximate surface area is 147 Å². The molecule has 0 unspecified atom stereocenters. The number of carbonyl (C=O) groups excluding carboxylic acids is 1. The second-order valence-electron chi connectivity index (χ2n) is 7.96. The van der Waals surface area contributed by atoms with Crippen LogP contribution in [0.1, 0.15) is 82.6 Å². The summed E-state index contributed by atoms with van der Waals surface area (Å²) in [5.41, 5.74) is 1.42. The molecule has 0 amide bonds. The second kappa shape index (κ2) is 8.69. The van der Waals surface area contributed by atoms with Crippen molar-refractivity contribution in [1.29, 1.82) is 0 Å². The third-order valence-corrected chi connectivity index (χ3v) is 6.56. The molecule has 0 saturated heterocycles. The summed E-state index contributed by atoms with van der Waals surface area (Å²) in [6.07, 6.45) is 14.2. The average molecular weight is 328 g/mol. The summed E-state index contributed by atoms with van der Waals surface area (Å²) in [7, 11) is 0. The molecule has 0 atom stereocenters. The number of benzene rings is 1. The van der Waals surface area contributed by atoms with Gasteiger partial charge in [0, 0.05) is 0 Å². The summed E-state index contributed by atoms with van der Waals surface area (Å²) >= 11 is 0. The third kappa shape index (κ3) is 4.40. The summed E-state index contributed by atoms with van der Waals surface area (Å²) in [6, 6.07) is 8.12. The predicted octanol–water partition coefficient (Wildman–Crippen LogP) is 6.10. The van der Waals surface area contributed by atoms with Gasteiger partial charge in [0.25, 0.3) is 6.47 Å². The van der Waals surface area contributed by atoms with Crippen molar-refractivity contribution >= 4 is 6.47 Å². The first-order valence-corrected chi connectivity index (χ1v) is 10.0. The highest BCUT2D eigenvalue weighted by molar-refractivity contribution is 5.45. The largest absolute Gasteiger partial charge is 0.429 e. The standard InChI is InChI=1S/C22H32O2/c1-2-3-17-4-6-18(7-5-17)19-8-10-20(11-9-19)21-12-14-22(15-13-21)24-16-23/h12-20H,2-11H2,1H3. The van der Waals surface area contributed by atoms with Crippen molar-refractivity contribution < 1.29 is 9.53 Å².